The summed E-state index contributed by atoms with van der Waals surface area (Å²) in [6, 6.07) is 0. The number of rotatable bonds is 2. The van der Waals surface area contributed by atoms with Crippen LogP contribution < -0.4 is 5.32 Å². The van der Waals surface area contributed by atoms with Gasteiger partial charge in [0.25, 0.3) is 0 Å². The number of carbonyl (C=O) groups excluding carboxylic acids is 1. The largest absolute Gasteiger partial charge is 0.340 e. The molecule has 2 rings (SSSR count). The molecule has 0 radical (unpaired) electrons. The first-order chi connectivity index (χ1) is 8.83. The van der Waals surface area contributed by atoms with Crippen molar-refractivity contribution in [3.63, 3.8) is 0 Å². The molecule has 5 nitrogen and oxygen atoms in total. The number of amides is 1. The number of carbonyl (C=O) groups is 1. The Kier molecular flexibility index (Phi) is 4.20. The summed E-state index contributed by atoms with van der Waals surface area (Å²) in [7, 11) is -2.93. The molecule has 0 aliphatic carbocycles. The van der Waals surface area contributed by atoms with E-state index < -0.39 is 15.3 Å². The number of hydrogen-bond donors (Lipinski definition) is 1. The maximum Gasteiger partial charge on any atom is 0.228 e. The quantitative estimate of drug-likeness (QED) is 0.792. The van der Waals surface area contributed by atoms with Crippen LogP contribution in [0.4, 0.5) is 0 Å². The molecule has 2 saturated heterocycles. The van der Waals surface area contributed by atoms with Crippen LogP contribution >= 0.6 is 0 Å². The second-order valence-electron chi connectivity index (χ2n) is 6.21. The SMILES string of the molecule is CC(C)(C(=O)N1CCS(=O)(=O)CC1)C1CCCNC1. The van der Waals surface area contributed by atoms with Gasteiger partial charge >= 0.3 is 0 Å². The molecule has 0 aromatic heterocycles. The predicted molar refractivity (Wildman–Crippen MR) is 74.6 cm³/mol. The van der Waals surface area contributed by atoms with Gasteiger partial charge in [-0.05, 0) is 31.8 Å². The lowest BCUT2D eigenvalue weighted by Crippen LogP contribution is -2.52. The molecule has 2 heterocycles. The summed E-state index contributed by atoms with van der Waals surface area (Å²) in [4.78, 5) is 14.4. The molecule has 2 aliphatic rings. The van der Waals surface area contributed by atoms with Gasteiger partial charge in [0, 0.05) is 18.5 Å². The van der Waals surface area contributed by atoms with Gasteiger partial charge in [-0.2, -0.15) is 0 Å². The van der Waals surface area contributed by atoms with E-state index >= 15 is 0 Å². The van der Waals surface area contributed by atoms with Crippen LogP contribution in [0.15, 0.2) is 0 Å². The first-order valence-electron chi connectivity index (χ1n) is 7.03. The van der Waals surface area contributed by atoms with Crippen molar-refractivity contribution in [3.8, 4) is 0 Å². The summed E-state index contributed by atoms with van der Waals surface area (Å²) in [6.45, 7) is 6.61. The van der Waals surface area contributed by atoms with Crippen molar-refractivity contribution >= 4 is 15.7 Å². The fourth-order valence-electron chi connectivity index (χ4n) is 2.97. The summed E-state index contributed by atoms with van der Waals surface area (Å²) < 4.78 is 22.8. The first-order valence-corrected chi connectivity index (χ1v) is 8.85. The zero-order valence-electron chi connectivity index (χ0n) is 11.8. The van der Waals surface area contributed by atoms with Gasteiger partial charge < -0.3 is 10.2 Å². The van der Waals surface area contributed by atoms with Gasteiger partial charge in [0.2, 0.25) is 5.91 Å². The third-order valence-electron chi connectivity index (χ3n) is 4.50. The molecule has 1 unspecified atom stereocenters. The molecule has 0 bridgehead atoms. The van der Waals surface area contributed by atoms with Crippen molar-refractivity contribution in [2.75, 3.05) is 37.7 Å². The summed E-state index contributed by atoms with van der Waals surface area (Å²) in [5.74, 6) is 0.665. The first kappa shape index (κ1) is 14.8. The van der Waals surface area contributed by atoms with Crippen LogP contribution in [-0.4, -0.2) is 56.9 Å². The minimum Gasteiger partial charge on any atom is -0.340 e. The van der Waals surface area contributed by atoms with Crippen LogP contribution in [0.3, 0.4) is 0 Å². The van der Waals surface area contributed by atoms with Crippen molar-refractivity contribution in [1.82, 2.24) is 10.2 Å². The van der Waals surface area contributed by atoms with Gasteiger partial charge in [0.05, 0.1) is 11.5 Å². The third-order valence-corrected chi connectivity index (χ3v) is 6.11. The summed E-state index contributed by atoms with van der Waals surface area (Å²) >= 11 is 0. The van der Waals surface area contributed by atoms with E-state index in [0.717, 1.165) is 25.9 Å². The number of nitrogens with zero attached hydrogens (tertiary/aromatic N) is 1. The molecule has 6 heteroatoms. The fourth-order valence-corrected chi connectivity index (χ4v) is 4.17. The molecule has 1 N–H and O–H groups in total. The Bertz CT molecular complexity index is 425. The van der Waals surface area contributed by atoms with Crippen LogP contribution in [0.25, 0.3) is 0 Å². The molecule has 110 valence electrons. The normalized spacial score (nSPS) is 28.1. The maximum absolute atomic E-state index is 12.6. The van der Waals surface area contributed by atoms with Crippen LogP contribution in [0.1, 0.15) is 26.7 Å². The number of sulfone groups is 1. The molecule has 1 atom stereocenters. The van der Waals surface area contributed by atoms with Gasteiger partial charge in [0.1, 0.15) is 0 Å². The van der Waals surface area contributed by atoms with Gasteiger partial charge in [-0.3, -0.25) is 4.79 Å². The lowest BCUT2D eigenvalue weighted by molar-refractivity contribution is -0.143. The molecule has 2 aliphatic heterocycles. The number of piperidine rings is 1. The average molecular weight is 288 g/mol. The Morgan fingerprint density at radius 1 is 1.26 bits per heavy atom. The van der Waals surface area contributed by atoms with E-state index in [9.17, 15) is 13.2 Å². The van der Waals surface area contributed by atoms with Crippen molar-refractivity contribution in [2.45, 2.75) is 26.7 Å². The zero-order valence-corrected chi connectivity index (χ0v) is 12.6. The van der Waals surface area contributed by atoms with E-state index in [1.54, 1.807) is 4.90 Å². The standard InChI is InChI=1S/C13H24N2O3S/c1-13(2,11-4-3-5-14-10-11)12(16)15-6-8-19(17,18)9-7-15/h11,14H,3-10H2,1-2H3. The molecule has 0 aromatic carbocycles. The third kappa shape index (κ3) is 3.28. The second-order valence-corrected chi connectivity index (χ2v) is 8.51. The van der Waals surface area contributed by atoms with E-state index in [-0.39, 0.29) is 17.4 Å². The lowest BCUT2D eigenvalue weighted by Gasteiger charge is -2.40. The highest BCUT2D eigenvalue weighted by Crippen LogP contribution is 2.34. The van der Waals surface area contributed by atoms with Crippen molar-refractivity contribution in [2.24, 2.45) is 11.3 Å². The minimum atomic E-state index is -2.93. The molecule has 0 saturated carbocycles. The lowest BCUT2D eigenvalue weighted by atomic mass is 9.74. The number of nitrogens with one attached hydrogen (secondary N) is 1. The molecular formula is C13H24N2O3S. The Morgan fingerprint density at radius 2 is 1.89 bits per heavy atom. The van der Waals surface area contributed by atoms with E-state index in [1.165, 1.54) is 0 Å². The Balaban J connectivity index is 2.01. The van der Waals surface area contributed by atoms with Crippen LogP contribution in [0.5, 0.6) is 0 Å². The molecule has 0 spiro atoms. The van der Waals surface area contributed by atoms with Gasteiger partial charge in [-0.15, -0.1) is 0 Å². The summed E-state index contributed by atoms with van der Waals surface area (Å²) in [6.07, 6.45) is 2.17. The van der Waals surface area contributed by atoms with Gasteiger partial charge in [-0.1, -0.05) is 13.8 Å². The Hall–Kier alpha value is -0.620. The second kappa shape index (κ2) is 5.40. The summed E-state index contributed by atoms with van der Waals surface area (Å²) in [5, 5.41) is 3.35. The van der Waals surface area contributed by atoms with E-state index in [4.69, 9.17) is 0 Å². The Labute approximate surface area is 115 Å². The smallest absolute Gasteiger partial charge is 0.228 e. The van der Waals surface area contributed by atoms with Crippen LogP contribution in [-0.2, 0) is 14.6 Å². The zero-order chi connectivity index (χ0) is 14.1. The monoisotopic (exact) mass is 288 g/mol. The Morgan fingerprint density at radius 3 is 2.42 bits per heavy atom. The molecule has 1 amide bonds. The van der Waals surface area contributed by atoms with Crippen LogP contribution in [0, 0.1) is 11.3 Å². The highest BCUT2D eigenvalue weighted by Gasteiger charge is 2.41. The molecular weight excluding hydrogens is 264 g/mol. The van der Waals surface area contributed by atoms with E-state index in [2.05, 4.69) is 5.32 Å². The van der Waals surface area contributed by atoms with Crippen molar-refractivity contribution in [1.29, 1.82) is 0 Å². The average Bonchev–Trinajstić information content (AvgIpc) is 2.39. The van der Waals surface area contributed by atoms with Gasteiger partial charge in [-0.25, -0.2) is 8.42 Å². The number of hydrogen-bond acceptors (Lipinski definition) is 4. The minimum absolute atomic E-state index is 0.108. The van der Waals surface area contributed by atoms with E-state index in [0.29, 0.717) is 19.0 Å². The maximum atomic E-state index is 12.6. The fraction of sp³-hybridized carbons (Fsp3) is 0.923. The van der Waals surface area contributed by atoms with Crippen LogP contribution in [0.2, 0.25) is 0 Å². The predicted octanol–water partition coefficient (Wildman–Crippen LogP) is 0.269. The van der Waals surface area contributed by atoms with Crippen molar-refractivity contribution < 1.29 is 13.2 Å². The molecule has 2 fully saturated rings. The highest BCUT2D eigenvalue weighted by atomic mass is 32.2. The van der Waals surface area contributed by atoms with E-state index in [1.807, 2.05) is 13.8 Å². The summed E-state index contributed by atoms with van der Waals surface area (Å²) in [5.41, 5.74) is -0.408. The van der Waals surface area contributed by atoms with Crippen molar-refractivity contribution in [3.05, 3.63) is 0 Å². The highest BCUT2D eigenvalue weighted by molar-refractivity contribution is 7.91. The van der Waals surface area contributed by atoms with Gasteiger partial charge in [0.15, 0.2) is 9.84 Å². The molecule has 19 heavy (non-hydrogen) atoms. The molecule has 0 aromatic rings. The topological polar surface area (TPSA) is 66.5 Å².